The van der Waals surface area contributed by atoms with E-state index in [-0.39, 0.29) is 5.82 Å². The van der Waals surface area contributed by atoms with Crippen molar-refractivity contribution in [2.75, 3.05) is 0 Å². The summed E-state index contributed by atoms with van der Waals surface area (Å²) >= 11 is 6.34. The second-order valence-electron chi connectivity index (χ2n) is 2.41. The zero-order valence-corrected chi connectivity index (χ0v) is 9.43. The third kappa shape index (κ3) is 1.46. The summed E-state index contributed by atoms with van der Waals surface area (Å²) in [6, 6.07) is 1.36. The van der Waals surface area contributed by atoms with E-state index < -0.39 is 0 Å². The van der Waals surface area contributed by atoms with Gasteiger partial charge in [0.15, 0.2) is 0 Å². The Hall–Kier alpha value is -0.550. The van der Waals surface area contributed by atoms with E-state index in [2.05, 4.69) is 41.8 Å². The summed E-state index contributed by atoms with van der Waals surface area (Å²) in [5.74, 6) is -0.347. The first-order valence-corrected chi connectivity index (χ1v) is 5.03. The van der Waals surface area contributed by atoms with Crippen molar-refractivity contribution in [2.45, 2.75) is 0 Å². The minimum Gasteiger partial charge on any atom is -0.252 e. The van der Waals surface area contributed by atoms with Gasteiger partial charge in [-0.2, -0.15) is 0 Å². The molecule has 0 bridgehead atoms. The summed E-state index contributed by atoms with van der Waals surface area (Å²) in [4.78, 5) is 8.10. The fourth-order valence-corrected chi connectivity index (χ4v) is 1.93. The monoisotopic (exact) mass is 304 g/mol. The molecule has 0 amide bonds. The number of halogens is 3. The minimum absolute atomic E-state index is 0.346. The molecule has 2 rings (SSSR count). The number of nitrogens with zero attached hydrogens (tertiary/aromatic N) is 2. The largest absolute Gasteiger partial charge is 0.252 e. The molecule has 0 aliphatic heterocycles. The molecular formula is C8H3Br2FN2. The van der Waals surface area contributed by atoms with E-state index in [1.807, 2.05) is 0 Å². The highest BCUT2D eigenvalue weighted by atomic mass is 79.9. The first-order chi connectivity index (χ1) is 6.20. The van der Waals surface area contributed by atoms with E-state index in [0.717, 1.165) is 0 Å². The van der Waals surface area contributed by atoms with Gasteiger partial charge in [0.25, 0.3) is 0 Å². The molecule has 0 unspecified atom stereocenters. The van der Waals surface area contributed by atoms with Gasteiger partial charge in [0.1, 0.15) is 16.9 Å². The van der Waals surface area contributed by atoms with Gasteiger partial charge >= 0.3 is 0 Å². The molecule has 0 spiro atoms. The Morgan fingerprint density at radius 3 is 2.38 bits per heavy atom. The van der Waals surface area contributed by atoms with Crippen LogP contribution in [0.3, 0.4) is 0 Å². The Bertz CT molecular complexity index is 473. The van der Waals surface area contributed by atoms with Gasteiger partial charge in [-0.15, -0.1) is 0 Å². The molecule has 13 heavy (non-hydrogen) atoms. The lowest BCUT2D eigenvalue weighted by Gasteiger charge is -2.01. The molecule has 1 aromatic carbocycles. The van der Waals surface area contributed by atoms with Gasteiger partial charge in [-0.05, 0) is 37.9 Å². The third-order valence-electron chi connectivity index (χ3n) is 1.60. The molecule has 2 nitrogen and oxygen atoms in total. The molecule has 2 aromatic rings. The number of fused-ring (bicyclic) bond motifs is 1. The molecule has 0 aliphatic rings. The van der Waals surface area contributed by atoms with Crippen LogP contribution < -0.4 is 0 Å². The van der Waals surface area contributed by atoms with E-state index >= 15 is 0 Å². The van der Waals surface area contributed by atoms with Gasteiger partial charge in [0.05, 0.1) is 4.47 Å². The van der Waals surface area contributed by atoms with Crippen LogP contribution in [0.25, 0.3) is 11.0 Å². The van der Waals surface area contributed by atoms with Gasteiger partial charge in [-0.25, -0.2) is 4.39 Å². The van der Waals surface area contributed by atoms with Crippen molar-refractivity contribution in [2.24, 2.45) is 0 Å². The first kappa shape index (κ1) is 9.02. The van der Waals surface area contributed by atoms with Gasteiger partial charge in [0.2, 0.25) is 0 Å². The summed E-state index contributed by atoms with van der Waals surface area (Å²) in [6.07, 6.45) is 3.09. The third-order valence-corrected chi connectivity index (χ3v) is 2.95. The van der Waals surface area contributed by atoms with E-state index in [1.165, 1.54) is 12.3 Å². The van der Waals surface area contributed by atoms with Crippen LogP contribution >= 0.6 is 31.9 Å². The maximum atomic E-state index is 13.2. The Kier molecular flexibility index (Phi) is 2.29. The summed E-state index contributed by atoms with van der Waals surface area (Å²) in [5.41, 5.74) is 1.17. The molecular weight excluding hydrogens is 303 g/mol. The Labute approximate surface area is 90.5 Å². The summed E-state index contributed by atoms with van der Waals surface area (Å²) < 4.78 is 14.1. The lowest BCUT2D eigenvalue weighted by molar-refractivity contribution is 0.622. The van der Waals surface area contributed by atoms with E-state index in [0.29, 0.717) is 20.0 Å². The molecule has 1 heterocycles. The lowest BCUT2D eigenvalue weighted by atomic mass is 10.3. The maximum absolute atomic E-state index is 13.2. The second-order valence-corrected chi connectivity index (χ2v) is 4.06. The highest BCUT2D eigenvalue weighted by molar-refractivity contribution is 9.11. The average molecular weight is 306 g/mol. The molecule has 0 N–H and O–H groups in total. The zero-order chi connectivity index (χ0) is 9.42. The average Bonchev–Trinajstić information content (AvgIpc) is 2.15. The van der Waals surface area contributed by atoms with Crippen molar-refractivity contribution in [3.63, 3.8) is 0 Å². The Balaban J connectivity index is 2.97. The van der Waals surface area contributed by atoms with Crippen LogP contribution in [0.15, 0.2) is 27.4 Å². The normalized spacial score (nSPS) is 10.7. The summed E-state index contributed by atoms with van der Waals surface area (Å²) in [6.45, 7) is 0. The highest BCUT2D eigenvalue weighted by Gasteiger charge is 2.09. The van der Waals surface area contributed by atoms with Crippen molar-refractivity contribution in [1.29, 1.82) is 0 Å². The van der Waals surface area contributed by atoms with Crippen molar-refractivity contribution < 1.29 is 4.39 Å². The smallest absolute Gasteiger partial charge is 0.140 e. The molecule has 0 aliphatic carbocycles. The summed E-state index contributed by atoms with van der Waals surface area (Å²) in [5, 5.41) is 0. The van der Waals surface area contributed by atoms with Crippen LogP contribution in [0.1, 0.15) is 0 Å². The molecule has 0 saturated carbocycles. The Morgan fingerprint density at radius 2 is 1.69 bits per heavy atom. The van der Waals surface area contributed by atoms with Gasteiger partial charge < -0.3 is 0 Å². The van der Waals surface area contributed by atoms with Crippen LogP contribution in [0, 0.1) is 5.82 Å². The molecule has 5 heteroatoms. The molecule has 0 fully saturated rings. The van der Waals surface area contributed by atoms with E-state index in [1.54, 1.807) is 6.20 Å². The molecule has 0 radical (unpaired) electrons. The Morgan fingerprint density at radius 1 is 1.08 bits per heavy atom. The van der Waals surface area contributed by atoms with Crippen molar-refractivity contribution >= 4 is 42.9 Å². The fraction of sp³-hybridized carbons (Fsp3) is 0. The standard InChI is InChI=1S/C8H3Br2FN2/c9-4-3-5(11)6(10)8-7(4)12-1-2-13-8/h1-3H. The van der Waals surface area contributed by atoms with Crippen LogP contribution in [-0.2, 0) is 0 Å². The van der Waals surface area contributed by atoms with Crippen molar-refractivity contribution in [3.05, 3.63) is 33.2 Å². The van der Waals surface area contributed by atoms with Crippen molar-refractivity contribution in [3.8, 4) is 0 Å². The second kappa shape index (κ2) is 3.31. The number of hydrogen-bond donors (Lipinski definition) is 0. The summed E-state index contributed by atoms with van der Waals surface area (Å²) in [7, 11) is 0. The predicted molar refractivity (Wildman–Crippen MR) is 54.9 cm³/mol. The number of hydrogen-bond acceptors (Lipinski definition) is 2. The first-order valence-electron chi connectivity index (χ1n) is 3.44. The maximum Gasteiger partial charge on any atom is 0.140 e. The highest BCUT2D eigenvalue weighted by Crippen LogP contribution is 2.29. The molecule has 1 aromatic heterocycles. The van der Waals surface area contributed by atoms with Gasteiger partial charge in [0, 0.05) is 16.9 Å². The molecule has 0 saturated heterocycles. The fourth-order valence-electron chi connectivity index (χ4n) is 1.03. The number of benzene rings is 1. The van der Waals surface area contributed by atoms with Crippen LogP contribution in [0.4, 0.5) is 4.39 Å². The molecule has 66 valence electrons. The van der Waals surface area contributed by atoms with E-state index in [9.17, 15) is 4.39 Å². The SMILES string of the molecule is Fc1cc(Br)c2nccnc2c1Br. The zero-order valence-electron chi connectivity index (χ0n) is 6.26. The van der Waals surface area contributed by atoms with Gasteiger partial charge in [-0.3, -0.25) is 9.97 Å². The predicted octanol–water partition coefficient (Wildman–Crippen LogP) is 3.29. The molecule has 0 atom stereocenters. The van der Waals surface area contributed by atoms with Crippen LogP contribution in [0.2, 0.25) is 0 Å². The van der Waals surface area contributed by atoms with Crippen LogP contribution in [-0.4, -0.2) is 9.97 Å². The lowest BCUT2D eigenvalue weighted by Crippen LogP contribution is -1.88. The van der Waals surface area contributed by atoms with E-state index in [4.69, 9.17) is 0 Å². The number of aromatic nitrogens is 2. The quantitative estimate of drug-likeness (QED) is 0.698. The van der Waals surface area contributed by atoms with Crippen LogP contribution in [0.5, 0.6) is 0 Å². The minimum atomic E-state index is -0.347. The van der Waals surface area contributed by atoms with Crippen molar-refractivity contribution in [1.82, 2.24) is 9.97 Å². The topological polar surface area (TPSA) is 25.8 Å². The van der Waals surface area contributed by atoms with Gasteiger partial charge in [-0.1, -0.05) is 0 Å². The number of rotatable bonds is 0.